The van der Waals surface area contributed by atoms with E-state index in [9.17, 15) is 15.0 Å². The molecule has 0 amide bonds. The number of hydrogen-bond donors (Lipinski definition) is 2. The van der Waals surface area contributed by atoms with Gasteiger partial charge in [0.15, 0.2) is 11.5 Å². The van der Waals surface area contributed by atoms with Crippen LogP contribution in [0.25, 0.3) is 0 Å². The first-order valence-electron chi connectivity index (χ1n) is 18.2. The maximum atomic E-state index is 12.7. The molecule has 7 aliphatic rings. The molecular weight excluding hydrogens is 590 g/mol. The average molecular weight is 642 g/mol. The topological polar surface area (TPSA) is 88.5 Å². The number of hydrogen-bond acceptors (Lipinski definition) is 7. The lowest BCUT2D eigenvalue weighted by Crippen LogP contribution is -2.61. The van der Waals surface area contributed by atoms with Crippen LogP contribution in [0.15, 0.2) is 77.2 Å². The van der Waals surface area contributed by atoms with Gasteiger partial charge in [0.25, 0.3) is 0 Å². The zero-order chi connectivity index (χ0) is 32.4. The number of piperidine rings is 1. The van der Waals surface area contributed by atoms with Crippen LogP contribution < -0.4 is 0 Å². The number of benzene rings is 1. The van der Waals surface area contributed by atoms with Crippen molar-refractivity contribution >= 4 is 5.97 Å². The minimum Gasteiger partial charge on any atom is -0.492 e. The summed E-state index contributed by atoms with van der Waals surface area (Å²) in [4.78, 5) is 15.4. The number of ether oxygens (including phenoxy) is 3. The predicted molar refractivity (Wildman–Crippen MR) is 178 cm³/mol. The van der Waals surface area contributed by atoms with Gasteiger partial charge in [-0.15, -0.1) is 0 Å². The van der Waals surface area contributed by atoms with Crippen molar-refractivity contribution in [1.29, 1.82) is 0 Å². The molecule has 2 saturated heterocycles. The number of aliphatic hydroxyl groups excluding tert-OH is 2. The van der Waals surface area contributed by atoms with E-state index in [1.165, 1.54) is 44.8 Å². The Morgan fingerprint density at radius 1 is 1.09 bits per heavy atom. The summed E-state index contributed by atoms with van der Waals surface area (Å²) < 4.78 is 18.0. The van der Waals surface area contributed by atoms with Crippen LogP contribution in [0.2, 0.25) is 0 Å². The zero-order valence-electron chi connectivity index (χ0n) is 28.1. The highest BCUT2D eigenvalue weighted by molar-refractivity contribution is 5.94. The highest BCUT2D eigenvalue weighted by atomic mass is 16.6. The Morgan fingerprint density at radius 2 is 1.87 bits per heavy atom. The van der Waals surface area contributed by atoms with Crippen molar-refractivity contribution in [2.75, 3.05) is 20.3 Å². The second-order valence-corrected chi connectivity index (χ2v) is 15.7. The molecule has 3 aliphatic carbocycles. The molecule has 4 aliphatic heterocycles. The van der Waals surface area contributed by atoms with Crippen molar-refractivity contribution < 1.29 is 29.2 Å². The fourth-order valence-corrected chi connectivity index (χ4v) is 11.6. The fourth-order valence-electron chi connectivity index (χ4n) is 11.6. The Kier molecular flexibility index (Phi) is 8.17. The van der Waals surface area contributed by atoms with Gasteiger partial charge < -0.3 is 24.4 Å². The number of allylic oxidation sites excluding steroid dienone is 2. The summed E-state index contributed by atoms with van der Waals surface area (Å²) in [5, 5.41) is 22.5. The minimum atomic E-state index is -0.581. The molecular formula is C40H51NO6. The van der Waals surface area contributed by atoms with E-state index in [1.54, 1.807) is 0 Å². The summed E-state index contributed by atoms with van der Waals surface area (Å²) in [5.41, 5.74) is 1.89. The van der Waals surface area contributed by atoms with E-state index in [0.29, 0.717) is 35.2 Å². The molecule has 47 heavy (non-hydrogen) atoms. The lowest BCUT2D eigenvalue weighted by Gasteiger charge is -2.53. The molecule has 8 rings (SSSR count). The van der Waals surface area contributed by atoms with E-state index in [4.69, 9.17) is 14.2 Å². The molecule has 4 heterocycles. The van der Waals surface area contributed by atoms with E-state index in [1.807, 2.05) is 0 Å². The summed E-state index contributed by atoms with van der Waals surface area (Å²) >= 11 is 0. The standard InChI is InChI=1S/C40H51NO6/c1-23-11-9-14-26(19-23)35(43)34-28-21-40(16-7-8-17-40)33(25-12-5-4-6-13-25)27(28)20-30-32-24(2)36(46-31(32)15-10-18-41(30)34)38-37(45-3)29(22-42)39(44)47-38/h4-6,9,12-15,23-24,26-28,30,32-35,42-43H,7-8,10-11,16-22H2,1-3H3/t23-,24-,26+,27-,28+,30+,32+,33-,34+,35-/m0/s1. The van der Waals surface area contributed by atoms with Crippen LogP contribution in [0.1, 0.15) is 83.1 Å². The third kappa shape index (κ3) is 4.97. The third-order valence-electron chi connectivity index (χ3n) is 13.3. The molecule has 10 atom stereocenters. The quantitative estimate of drug-likeness (QED) is 0.277. The second kappa shape index (κ2) is 12.2. The third-order valence-corrected chi connectivity index (χ3v) is 13.3. The molecule has 0 radical (unpaired) electrons. The molecule has 0 bridgehead atoms. The van der Waals surface area contributed by atoms with Crippen LogP contribution in [0.3, 0.4) is 0 Å². The Bertz CT molecular complexity index is 1500. The van der Waals surface area contributed by atoms with Gasteiger partial charge in [-0.2, -0.15) is 0 Å². The van der Waals surface area contributed by atoms with Crippen LogP contribution in [0.5, 0.6) is 0 Å². The lowest BCUT2D eigenvalue weighted by molar-refractivity contribution is -0.133. The largest absolute Gasteiger partial charge is 0.492 e. The summed E-state index contributed by atoms with van der Waals surface area (Å²) in [6.07, 6.45) is 16.8. The van der Waals surface area contributed by atoms with Gasteiger partial charge in [-0.05, 0) is 85.7 Å². The van der Waals surface area contributed by atoms with E-state index < -0.39 is 18.7 Å². The summed E-state index contributed by atoms with van der Waals surface area (Å²) in [5.74, 6) is 3.64. The van der Waals surface area contributed by atoms with Gasteiger partial charge >= 0.3 is 5.97 Å². The number of esters is 1. The van der Waals surface area contributed by atoms with E-state index in [2.05, 4.69) is 67.3 Å². The SMILES string of the molecule is COC1=C(CO)C(=O)OC1=C1OC2=CCCN3[C@@H]([C@@H](O)[C@@H]4C=CC[C@H](C)C4)[C@@H]4CC5(CCCC5)[C@@H](c5ccccc5)[C@H]4C[C@@H]3[C@H]2[C@@H]1C. The molecule has 2 saturated carbocycles. The van der Waals surface area contributed by atoms with Crippen LogP contribution in [0.4, 0.5) is 0 Å². The van der Waals surface area contributed by atoms with Gasteiger partial charge in [-0.25, -0.2) is 4.79 Å². The van der Waals surface area contributed by atoms with E-state index >= 15 is 0 Å². The van der Waals surface area contributed by atoms with Gasteiger partial charge in [0, 0.05) is 36.4 Å². The van der Waals surface area contributed by atoms with Gasteiger partial charge in [-0.1, -0.05) is 69.2 Å². The van der Waals surface area contributed by atoms with Gasteiger partial charge in [0.05, 0.1) is 19.8 Å². The monoisotopic (exact) mass is 641 g/mol. The van der Waals surface area contributed by atoms with Crippen molar-refractivity contribution in [3.63, 3.8) is 0 Å². The highest BCUT2D eigenvalue weighted by Gasteiger charge is 2.63. The Hall–Kier alpha value is -2.87. The van der Waals surface area contributed by atoms with E-state index in [-0.39, 0.29) is 46.6 Å². The van der Waals surface area contributed by atoms with Crippen LogP contribution in [0, 0.1) is 40.9 Å². The molecule has 2 N–H and O–H groups in total. The number of rotatable bonds is 5. The van der Waals surface area contributed by atoms with E-state index in [0.717, 1.165) is 38.0 Å². The smallest absolute Gasteiger partial charge is 0.345 e. The van der Waals surface area contributed by atoms with Crippen molar-refractivity contribution in [3.8, 4) is 0 Å². The molecule has 252 valence electrons. The maximum Gasteiger partial charge on any atom is 0.345 e. The molecule has 1 aromatic carbocycles. The van der Waals surface area contributed by atoms with Crippen molar-refractivity contribution in [2.24, 2.45) is 40.9 Å². The van der Waals surface area contributed by atoms with Crippen LogP contribution in [-0.4, -0.2) is 59.5 Å². The number of fused-ring (bicyclic) bond motifs is 4. The molecule has 0 unspecified atom stereocenters. The highest BCUT2D eigenvalue weighted by Crippen LogP contribution is 2.67. The van der Waals surface area contributed by atoms with Crippen LogP contribution in [-0.2, 0) is 19.0 Å². The van der Waals surface area contributed by atoms with Crippen molar-refractivity contribution in [1.82, 2.24) is 4.90 Å². The minimum absolute atomic E-state index is 0.0583. The normalized spacial score (nSPS) is 40.0. The first-order chi connectivity index (χ1) is 22.8. The molecule has 1 aromatic rings. The second-order valence-electron chi connectivity index (χ2n) is 15.7. The summed E-state index contributed by atoms with van der Waals surface area (Å²) in [6, 6.07) is 11.5. The molecule has 1 spiro atoms. The van der Waals surface area contributed by atoms with Gasteiger partial charge in [0.2, 0.25) is 5.76 Å². The number of carbonyl (C=O) groups is 1. The molecule has 7 heteroatoms. The molecule has 0 aromatic heterocycles. The summed E-state index contributed by atoms with van der Waals surface area (Å²) in [6.45, 7) is 4.95. The Morgan fingerprint density at radius 3 is 2.60 bits per heavy atom. The number of nitrogens with zero attached hydrogens (tertiary/aromatic N) is 1. The number of aliphatic hydroxyl groups is 2. The fraction of sp³-hybridized carbons (Fsp3) is 0.625. The Balaban J connectivity index is 1.23. The molecule has 7 nitrogen and oxygen atoms in total. The predicted octanol–water partition coefficient (Wildman–Crippen LogP) is 6.60. The molecule has 4 fully saturated rings. The average Bonchev–Trinajstić information content (AvgIpc) is 3.81. The number of methoxy groups -OCH3 is 1. The maximum absolute atomic E-state index is 12.7. The van der Waals surface area contributed by atoms with Crippen LogP contribution >= 0.6 is 0 Å². The summed E-state index contributed by atoms with van der Waals surface area (Å²) in [7, 11) is 1.50. The lowest BCUT2D eigenvalue weighted by atomic mass is 9.65. The van der Waals surface area contributed by atoms with Gasteiger partial charge in [-0.3, -0.25) is 4.90 Å². The number of cyclic esters (lactones) is 1. The van der Waals surface area contributed by atoms with Crippen molar-refractivity contribution in [2.45, 2.75) is 95.7 Å². The van der Waals surface area contributed by atoms with Crippen molar-refractivity contribution in [3.05, 3.63) is 82.7 Å². The first-order valence-corrected chi connectivity index (χ1v) is 18.2. The van der Waals surface area contributed by atoms with Gasteiger partial charge in [0.1, 0.15) is 11.3 Å². The Labute approximate surface area is 279 Å². The first kappa shape index (κ1) is 31.4. The number of carbonyl (C=O) groups excluding carboxylic acids is 1. The zero-order valence-corrected chi connectivity index (χ0v) is 28.1.